The molecule has 0 aliphatic heterocycles. The predicted octanol–water partition coefficient (Wildman–Crippen LogP) is 1.97. The Morgan fingerprint density at radius 1 is 1.22 bits per heavy atom. The van der Waals surface area contributed by atoms with Gasteiger partial charge >= 0.3 is 0 Å². The Morgan fingerprint density at radius 2 is 1.78 bits per heavy atom. The zero-order valence-corrected chi connectivity index (χ0v) is 11.6. The van der Waals surface area contributed by atoms with E-state index in [1.807, 2.05) is 0 Å². The molecule has 0 spiro atoms. The Kier molecular flexibility index (Phi) is 4.45. The molecule has 0 aromatic heterocycles. The number of aryl methyl sites for hydroxylation is 1. The van der Waals surface area contributed by atoms with Gasteiger partial charge in [-0.05, 0) is 32.5 Å². The monoisotopic (exact) mass is 277 g/mol. The molecule has 0 fully saturated rings. The summed E-state index contributed by atoms with van der Waals surface area (Å²) in [7, 11) is -1.78. The number of hydrogen-bond donors (Lipinski definition) is 1. The third-order valence-corrected chi connectivity index (χ3v) is 4.69. The van der Waals surface area contributed by atoms with Crippen LogP contribution in [0.1, 0.15) is 24.1 Å². The highest BCUT2D eigenvalue weighted by atomic mass is 32.2. The average molecular weight is 277 g/mol. The Hall–Kier alpha value is -1.01. The predicted molar refractivity (Wildman–Crippen MR) is 67.2 cm³/mol. The lowest BCUT2D eigenvalue weighted by Crippen LogP contribution is -2.33. The van der Waals surface area contributed by atoms with E-state index in [4.69, 9.17) is 0 Å². The van der Waals surface area contributed by atoms with Crippen LogP contribution in [0.15, 0.2) is 12.1 Å². The van der Waals surface area contributed by atoms with E-state index in [9.17, 15) is 17.2 Å². The van der Waals surface area contributed by atoms with E-state index >= 15 is 0 Å². The average Bonchev–Trinajstić information content (AvgIpc) is 2.24. The van der Waals surface area contributed by atoms with Crippen molar-refractivity contribution in [1.29, 1.82) is 0 Å². The molecule has 1 aromatic rings. The number of hydrogen-bond acceptors (Lipinski definition) is 3. The van der Waals surface area contributed by atoms with E-state index in [-0.39, 0.29) is 11.1 Å². The summed E-state index contributed by atoms with van der Waals surface area (Å²) in [5, 5.41) is 1.97. The molecule has 102 valence electrons. The van der Waals surface area contributed by atoms with Crippen LogP contribution in [0, 0.1) is 18.6 Å². The van der Waals surface area contributed by atoms with Crippen LogP contribution < -0.4 is 5.32 Å². The van der Waals surface area contributed by atoms with E-state index < -0.39 is 32.8 Å². The van der Waals surface area contributed by atoms with Crippen LogP contribution in [0.2, 0.25) is 0 Å². The Morgan fingerprint density at radius 3 is 2.22 bits per heavy atom. The van der Waals surface area contributed by atoms with Gasteiger partial charge in [-0.3, -0.25) is 0 Å². The molecular weight excluding hydrogens is 260 g/mol. The molecule has 0 aliphatic carbocycles. The van der Waals surface area contributed by atoms with Crippen molar-refractivity contribution >= 4 is 9.84 Å². The quantitative estimate of drug-likeness (QED) is 0.915. The first-order valence-electron chi connectivity index (χ1n) is 5.50. The standard InChI is InChI=1S/C12H17F2NO2S/c1-7-5-9(11(14)6-10(7)13)12(15-3)8(2)18(4,16)17/h5-6,8,12,15H,1-4H3. The summed E-state index contributed by atoms with van der Waals surface area (Å²) in [5.41, 5.74) is 0.446. The van der Waals surface area contributed by atoms with Gasteiger partial charge in [-0.2, -0.15) is 0 Å². The van der Waals surface area contributed by atoms with Crippen molar-refractivity contribution in [2.45, 2.75) is 25.1 Å². The summed E-state index contributed by atoms with van der Waals surface area (Å²) in [5.74, 6) is -1.38. The topological polar surface area (TPSA) is 46.2 Å². The first-order chi connectivity index (χ1) is 8.18. The van der Waals surface area contributed by atoms with Crippen LogP contribution in [0.3, 0.4) is 0 Å². The first kappa shape index (κ1) is 15.0. The van der Waals surface area contributed by atoms with Gasteiger partial charge in [-0.15, -0.1) is 0 Å². The second-order valence-corrected chi connectivity index (χ2v) is 6.83. The second kappa shape index (κ2) is 5.32. The van der Waals surface area contributed by atoms with Crippen LogP contribution in [-0.4, -0.2) is 27.0 Å². The highest BCUT2D eigenvalue weighted by Gasteiger charge is 2.28. The zero-order valence-electron chi connectivity index (χ0n) is 10.8. The first-order valence-corrected chi connectivity index (χ1v) is 7.45. The van der Waals surface area contributed by atoms with E-state index in [0.717, 1.165) is 12.3 Å². The smallest absolute Gasteiger partial charge is 0.151 e. The Balaban J connectivity index is 3.30. The largest absolute Gasteiger partial charge is 0.312 e. The van der Waals surface area contributed by atoms with Gasteiger partial charge in [-0.1, -0.05) is 0 Å². The summed E-state index contributed by atoms with van der Waals surface area (Å²) in [4.78, 5) is 0. The number of benzene rings is 1. The van der Waals surface area contributed by atoms with Crippen molar-refractivity contribution < 1.29 is 17.2 Å². The number of sulfone groups is 1. The molecule has 0 saturated heterocycles. The van der Waals surface area contributed by atoms with E-state index in [1.54, 1.807) is 7.05 Å². The summed E-state index contributed by atoms with van der Waals surface area (Å²) >= 11 is 0. The molecule has 3 nitrogen and oxygen atoms in total. The number of nitrogens with one attached hydrogen (secondary N) is 1. The molecule has 18 heavy (non-hydrogen) atoms. The van der Waals surface area contributed by atoms with E-state index in [0.29, 0.717) is 0 Å². The molecule has 0 saturated carbocycles. The summed E-state index contributed by atoms with van der Waals surface area (Å²) in [6.07, 6.45) is 1.09. The van der Waals surface area contributed by atoms with E-state index in [2.05, 4.69) is 5.32 Å². The molecule has 1 aromatic carbocycles. The fourth-order valence-electron chi connectivity index (χ4n) is 1.81. The molecule has 0 amide bonds. The number of halogens is 2. The van der Waals surface area contributed by atoms with Crippen molar-refractivity contribution in [3.63, 3.8) is 0 Å². The molecule has 6 heteroatoms. The fourth-order valence-corrected chi connectivity index (χ4v) is 2.59. The molecule has 0 heterocycles. The van der Waals surface area contributed by atoms with Gasteiger partial charge in [0.15, 0.2) is 9.84 Å². The van der Waals surface area contributed by atoms with Crippen LogP contribution in [0.4, 0.5) is 8.78 Å². The molecule has 2 atom stereocenters. The minimum Gasteiger partial charge on any atom is -0.312 e. The maximum absolute atomic E-state index is 13.7. The van der Waals surface area contributed by atoms with Gasteiger partial charge in [-0.25, -0.2) is 17.2 Å². The third kappa shape index (κ3) is 3.05. The van der Waals surface area contributed by atoms with Crippen LogP contribution in [0.25, 0.3) is 0 Å². The maximum atomic E-state index is 13.7. The fraction of sp³-hybridized carbons (Fsp3) is 0.500. The zero-order chi connectivity index (χ0) is 14.1. The normalized spacial score (nSPS) is 15.4. The second-order valence-electron chi connectivity index (χ2n) is 4.42. The molecular formula is C12H17F2NO2S. The summed E-state index contributed by atoms with van der Waals surface area (Å²) in [6.45, 7) is 3.00. The van der Waals surface area contributed by atoms with Crippen LogP contribution in [0.5, 0.6) is 0 Å². The summed E-state index contributed by atoms with van der Waals surface area (Å²) in [6, 6.07) is 1.41. The highest BCUT2D eigenvalue weighted by Crippen LogP contribution is 2.26. The van der Waals surface area contributed by atoms with Crippen molar-refractivity contribution in [3.8, 4) is 0 Å². The molecule has 1 N–H and O–H groups in total. The van der Waals surface area contributed by atoms with Gasteiger partial charge in [0.05, 0.1) is 11.3 Å². The van der Waals surface area contributed by atoms with Gasteiger partial charge in [0.2, 0.25) is 0 Å². The lowest BCUT2D eigenvalue weighted by Gasteiger charge is -2.23. The van der Waals surface area contributed by atoms with E-state index in [1.165, 1.54) is 19.9 Å². The Labute approximate surface area is 106 Å². The molecule has 0 aliphatic rings. The minimum atomic E-state index is -3.32. The minimum absolute atomic E-state index is 0.161. The van der Waals surface area contributed by atoms with Crippen LogP contribution >= 0.6 is 0 Å². The van der Waals surface area contributed by atoms with Gasteiger partial charge in [0.25, 0.3) is 0 Å². The summed E-state index contributed by atoms with van der Waals surface area (Å²) < 4.78 is 50.0. The molecule has 0 bridgehead atoms. The third-order valence-electron chi connectivity index (χ3n) is 3.07. The Bertz CT molecular complexity index is 543. The lowest BCUT2D eigenvalue weighted by molar-refractivity contribution is 0.500. The molecule has 0 radical (unpaired) electrons. The van der Waals surface area contributed by atoms with Gasteiger partial charge in [0.1, 0.15) is 11.6 Å². The van der Waals surface area contributed by atoms with Crippen molar-refractivity contribution in [2.75, 3.05) is 13.3 Å². The molecule has 2 unspecified atom stereocenters. The number of rotatable bonds is 4. The van der Waals surface area contributed by atoms with Gasteiger partial charge in [0, 0.05) is 17.9 Å². The lowest BCUT2D eigenvalue weighted by atomic mass is 10.0. The molecule has 1 rings (SSSR count). The maximum Gasteiger partial charge on any atom is 0.151 e. The van der Waals surface area contributed by atoms with Crippen molar-refractivity contribution in [1.82, 2.24) is 5.32 Å². The van der Waals surface area contributed by atoms with Crippen LogP contribution in [-0.2, 0) is 9.84 Å². The highest BCUT2D eigenvalue weighted by molar-refractivity contribution is 7.91. The van der Waals surface area contributed by atoms with Crippen molar-refractivity contribution in [2.24, 2.45) is 0 Å². The van der Waals surface area contributed by atoms with Crippen molar-refractivity contribution in [3.05, 3.63) is 34.9 Å². The SMILES string of the molecule is CNC(c1cc(C)c(F)cc1F)C(C)S(C)(=O)=O. The van der Waals surface area contributed by atoms with Gasteiger partial charge < -0.3 is 5.32 Å².